The van der Waals surface area contributed by atoms with Crippen LogP contribution in [0.25, 0.3) is 0 Å². The number of aromatic hydroxyl groups is 1. The van der Waals surface area contributed by atoms with Crippen LogP contribution in [0.4, 0.5) is 0 Å². The Kier molecular flexibility index (Phi) is 3.15. The van der Waals surface area contributed by atoms with Gasteiger partial charge in [-0.25, -0.2) is 0 Å². The molecule has 3 nitrogen and oxygen atoms in total. The predicted molar refractivity (Wildman–Crippen MR) is 59.4 cm³/mol. The summed E-state index contributed by atoms with van der Waals surface area (Å²) in [4.78, 5) is 0. The maximum Gasteiger partial charge on any atom is 0.116 e. The van der Waals surface area contributed by atoms with E-state index in [-0.39, 0.29) is 12.4 Å². The zero-order chi connectivity index (χ0) is 10.1. The number of nitrogens with two attached hydrogens (primary N) is 1. The van der Waals surface area contributed by atoms with Gasteiger partial charge in [0.25, 0.3) is 0 Å². The highest BCUT2D eigenvalue weighted by molar-refractivity contribution is 14.1. The molecule has 1 rings (SSSR count). The first kappa shape index (κ1) is 10.7. The first-order chi connectivity index (χ1) is 5.97. The van der Waals surface area contributed by atoms with Gasteiger partial charge in [-0.2, -0.15) is 0 Å². The van der Waals surface area contributed by atoms with E-state index in [2.05, 4.69) is 22.6 Å². The van der Waals surface area contributed by atoms with Crippen LogP contribution < -0.4 is 5.73 Å². The molecule has 0 spiro atoms. The van der Waals surface area contributed by atoms with Crippen LogP contribution in [0.1, 0.15) is 12.5 Å². The fourth-order valence-electron chi connectivity index (χ4n) is 1.05. The maximum absolute atomic E-state index is 9.17. The Morgan fingerprint density at radius 2 is 2.15 bits per heavy atom. The minimum absolute atomic E-state index is 0.117. The molecule has 1 unspecified atom stereocenters. The number of hydrogen-bond donors (Lipinski definition) is 3. The number of rotatable bonds is 2. The highest BCUT2D eigenvalue weighted by Gasteiger charge is 2.22. The molecule has 0 radical (unpaired) electrons. The van der Waals surface area contributed by atoms with Crippen LogP contribution in [0, 0.1) is 3.57 Å². The van der Waals surface area contributed by atoms with Gasteiger partial charge in [0.2, 0.25) is 0 Å². The second-order valence-electron chi connectivity index (χ2n) is 3.24. The van der Waals surface area contributed by atoms with Crippen LogP contribution in [-0.4, -0.2) is 16.8 Å². The Hall–Kier alpha value is -0.330. The third kappa shape index (κ3) is 2.32. The van der Waals surface area contributed by atoms with Gasteiger partial charge in [0.05, 0.1) is 12.1 Å². The Labute approximate surface area is 90.7 Å². The van der Waals surface area contributed by atoms with Gasteiger partial charge in [-0.15, -0.1) is 0 Å². The number of halogens is 1. The molecule has 1 aromatic rings. The second-order valence-corrected chi connectivity index (χ2v) is 4.40. The lowest BCUT2D eigenvalue weighted by atomic mass is 9.94. The topological polar surface area (TPSA) is 66.5 Å². The number of aliphatic hydroxyl groups excluding tert-OH is 1. The van der Waals surface area contributed by atoms with E-state index in [9.17, 15) is 0 Å². The predicted octanol–water partition coefficient (Wildman–Crippen LogP) is 1.16. The summed E-state index contributed by atoms with van der Waals surface area (Å²) < 4.78 is 0.858. The van der Waals surface area contributed by atoms with Crippen molar-refractivity contribution in [3.8, 4) is 5.75 Å². The lowest BCUT2D eigenvalue weighted by molar-refractivity contribution is 0.209. The third-order valence-corrected chi connectivity index (χ3v) is 2.79. The molecule has 72 valence electrons. The molecule has 13 heavy (non-hydrogen) atoms. The Morgan fingerprint density at radius 3 is 2.62 bits per heavy atom. The molecule has 4 N–H and O–H groups in total. The summed E-state index contributed by atoms with van der Waals surface area (Å²) in [6.07, 6.45) is 0. The Morgan fingerprint density at radius 1 is 1.54 bits per heavy atom. The average Bonchev–Trinajstić information content (AvgIpc) is 2.03. The number of aliphatic hydroxyl groups is 1. The van der Waals surface area contributed by atoms with Crippen molar-refractivity contribution in [3.63, 3.8) is 0 Å². The highest BCUT2D eigenvalue weighted by atomic mass is 127. The zero-order valence-electron chi connectivity index (χ0n) is 7.29. The molecule has 0 aromatic heterocycles. The van der Waals surface area contributed by atoms with Gasteiger partial charge in [0.1, 0.15) is 5.75 Å². The molecule has 4 heteroatoms. The molecule has 0 aliphatic carbocycles. The maximum atomic E-state index is 9.17. The van der Waals surface area contributed by atoms with E-state index in [4.69, 9.17) is 15.9 Å². The molecule has 0 aliphatic heterocycles. The van der Waals surface area contributed by atoms with E-state index in [0.29, 0.717) is 0 Å². The smallest absolute Gasteiger partial charge is 0.116 e. The fourth-order valence-corrected chi connectivity index (χ4v) is 2.17. The summed E-state index contributed by atoms with van der Waals surface area (Å²) in [6.45, 7) is 1.63. The molecule has 1 atom stereocenters. The summed E-state index contributed by atoms with van der Waals surface area (Å²) >= 11 is 2.08. The number of hydrogen-bond acceptors (Lipinski definition) is 3. The van der Waals surface area contributed by atoms with Gasteiger partial charge >= 0.3 is 0 Å². The molecule has 0 saturated heterocycles. The van der Waals surface area contributed by atoms with E-state index in [1.54, 1.807) is 25.1 Å². The molecule has 0 fully saturated rings. The van der Waals surface area contributed by atoms with Crippen molar-refractivity contribution in [2.45, 2.75) is 12.5 Å². The molecule has 0 aliphatic rings. The van der Waals surface area contributed by atoms with Crippen LogP contribution >= 0.6 is 22.6 Å². The van der Waals surface area contributed by atoms with Gasteiger partial charge in [-0.1, -0.05) is 6.07 Å². The van der Waals surface area contributed by atoms with Crippen molar-refractivity contribution in [1.29, 1.82) is 0 Å². The van der Waals surface area contributed by atoms with Crippen LogP contribution in [-0.2, 0) is 5.54 Å². The quantitative estimate of drug-likeness (QED) is 0.717. The number of benzene rings is 1. The van der Waals surface area contributed by atoms with E-state index >= 15 is 0 Å². The van der Waals surface area contributed by atoms with E-state index in [1.807, 2.05) is 0 Å². The van der Waals surface area contributed by atoms with E-state index in [0.717, 1.165) is 9.13 Å². The van der Waals surface area contributed by atoms with Crippen LogP contribution in [0.3, 0.4) is 0 Å². The van der Waals surface area contributed by atoms with Gasteiger partial charge in [-0.05, 0) is 47.2 Å². The SMILES string of the molecule is CC(N)(CO)c1ccc(O)cc1I. The first-order valence-electron chi connectivity index (χ1n) is 3.86. The largest absolute Gasteiger partial charge is 0.508 e. The standard InChI is InChI=1S/C9H12INO2/c1-9(11,5-12)7-3-2-6(13)4-8(7)10/h2-4,12-13H,5,11H2,1H3. The van der Waals surface area contributed by atoms with Gasteiger partial charge in [0.15, 0.2) is 0 Å². The zero-order valence-corrected chi connectivity index (χ0v) is 9.45. The normalized spacial score (nSPS) is 15.4. The van der Waals surface area contributed by atoms with Crippen molar-refractivity contribution in [1.82, 2.24) is 0 Å². The molecule has 0 saturated carbocycles. The van der Waals surface area contributed by atoms with Crippen molar-refractivity contribution in [2.75, 3.05) is 6.61 Å². The first-order valence-corrected chi connectivity index (χ1v) is 4.94. The minimum atomic E-state index is -0.746. The van der Waals surface area contributed by atoms with Gasteiger partial charge < -0.3 is 15.9 Å². The van der Waals surface area contributed by atoms with Crippen molar-refractivity contribution in [2.24, 2.45) is 5.73 Å². The van der Waals surface area contributed by atoms with Crippen LogP contribution in [0.15, 0.2) is 18.2 Å². The summed E-state index contributed by atoms with van der Waals surface area (Å²) in [7, 11) is 0. The van der Waals surface area contributed by atoms with Crippen molar-refractivity contribution in [3.05, 3.63) is 27.3 Å². The summed E-state index contributed by atoms with van der Waals surface area (Å²) in [5.74, 6) is 0.210. The molecular weight excluding hydrogens is 281 g/mol. The van der Waals surface area contributed by atoms with E-state index < -0.39 is 5.54 Å². The molecule has 1 aromatic carbocycles. The number of phenols is 1. The molecule has 0 amide bonds. The highest BCUT2D eigenvalue weighted by Crippen LogP contribution is 2.26. The Bertz CT molecular complexity index is 312. The lowest BCUT2D eigenvalue weighted by Crippen LogP contribution is -2.37. The van der Waals surface area contributed by atoms with E-state index in [1.165, 1.54) is 0 Å². The average molecular weight is 293 g/mol. The monoisotopic (exact) mass is 293 g/mol. The van der Waals surface area contributed by atoms with Crippen LogP contribution in [0.5, 0.6) is 5.75 Å². The van der Waals surface area contributed by atoms with Crippen LogP contribution in [0.2, 0.25) is 0 Å². The van der Waals surface area contributed by atoms with Gasteiger partial charge in [-0.3, -0.25) is 0 Å². The summed E-state index contributed by atoms with van der Waals surface area (Å²) in [6, 6.07) is 4.92. The van der Waals surface area contributed by atoms with Gasteiger partial charge in [0, 0.05) is 3.57 Å². The Balaban J connectivity index is 3.16. The molecular formula is C9H12INO2. The van der Waals surface area contributed by atoms with Crippen molar-refractivity contribution >= 4 is 22.6 Å². The summed E-state index contributed by atoms with van der Waals surface area (Å²) in [5.41, 5.74) is 5.95. The second kappa shape index (κ2) is 3.81. The molecule has 0 heterocycles. The van der Waals surface area contributed by atoms with Crippen molar-refractivity contribution < 1.29 is 10.2 Å². The lowest BCUT2D eigenvalue weighted by Gasteiger charge is -2.23. The fraction of sp³-hybridized carbons (Fsp3) is 0.333. The third-order valence-electron chi connectivity index (χ3n) is 1.90. The molecule has 0 bridgehead atoms. The summed E-state index contributed by atoms with van der Waals surface area (Å²) in [5, 5.41) is 18.2. The number of phenolic OH excluding ortho intramolecular Hbond substituents is 1. The minimum Gasteiger partial charge on any atom is -0.508 e.